The minimum Gasteiger partial charge on any atom is -0.499 e. The molecule has 1 N–H and O–H groups in total. The normalized spacial score (nSPS) is 10.1. The van der Waals surface area contributed by atoms with Crippen molar-refractivity contribution in [2.24, 2.45) is 0 Å². The lowest BCUT2D eigenvalue weighted by Gasteiger charge is -2.07. The van der Waals surface area contributed by atoms with E-state index < -0.39 is 0 Å². The number of rotatable bonds is 2. The molecule has 0 radical (unpaired) electrons. The summed E-state index contributed by atoms with van der Waals surface area (Å²) in [7, 11) is 1.01. The van der Waals surface area contributed by atoms with Crippen LogP contribution in [-0.2, 0) is 6.42 Å². The smallest absolute Gasteiger partial charge is 0.188 e. The second kappa shape index (κ2) is 3.82. The summed E-state index contributed by atoms with van der Waals surface area (Å²) >= 11 is 4.75. The lowest BCUT2D eigenvalue weighted by Crippen LogP contribution is -2.14. The summed E-state index contributed by atoms with van der Waals surface area (Å²) < 4.78 is 0. The van der Waals surface area contributed by atoms with Gasteiger partial charge in [0.05, 0.1) is 0 Å². The molecule has 0 bridgehead atoms. The Labute approximate surface area is 80.9 Å². The molecule has 0 aliphatic rings. The van der Waals surface area contributed by atoms with Crippen LogP contribution in [0.4, 0.5) is 0 Å². The standard InChI is InChI=1S/C9H12OSSi/c1-2-6-7(9(10)11)4-3-5-8(6)12/h3-5H,2H2,1,12H3,(H,10,11). The van der Waals surface area contributed by atoms with Crippen molar-refractivity contribution in [2.45, 2.75) is 13.3 Å². The summed E-state index contributed by atoms with van der Waals surface area (Å²) in [4.78, 5) is 0. The first-order chi connectivity index (χ1) is 5.66. The van der Waals surface area contributed by atoms with Crippen molar-refractivity contribution in [1.29, 1.82) is 0 Å². The van der Waals surface area contributed by atoms with E-state index in [0.717, 1.165) is 22.2 Å². The molecule has 0 saturated heterocycles. The molecule has 0 atom stereocenters. The summed E-state index contributed by atoms with van der Waals surface area (Å²) in [5.74, 6) is 0. The van der Waals surface area contributed by atoms with Gasteiger partial charge in [0, 0.05) is 15.8 Å². The van der Waals surface area contributed by atoms with Gasteiger partial charge in [0.25, 0.3) is 0 Å². The topological polar surface area (TPSA) is 20.2 Å². The molecule has 0 heterocycles. The molecule has 0 spiro atoms. The molecule has 0 aliphatic heterocycles. The summed E-state index contributed by atoms with van der Waals surface area (Å²) in [6.45, 7) is 2.08. The molecule has 0 aromatic heterocycles. The van der Waals surface area contributed by atoms with E-state index in [1.54, 1.807) is 0 Å². The lowest BCUT2D eigenvalue weighted by molar-refractivity contribution is 0.570. The van der Waals surface area contributed by atoms with Crippen LogP contribution in [0, 0.1) is 0 Å². The van der Waals surface area contributed by atoms with Crippen molar-refractivity contribution in [3.63, 3.8) is 0 Å². The van der Waals surface area contributed by atoms with E-state index in [1.165, 1.54) is 10.8 Å². The van der Waals surface area contributed by atoms with Gasteiger partial charge in [0.2, 0.25) is 0 Å². The van der Waals surface area contributed by atoms with Crippen molar-refractivity contribution in [3.8, 4) is 0 Å². The van der Waals surface area contributed by atoms with E-state index in [2.05, 4.69) is 13.0 Å². The fraction of sp³-hybridized carbons (Fsp3) is 0.222. The lowest BCUT2D eigenvalue weighted by atomic mass is 10.1. The molecule has 1 aromatic rings. The summed E-state index contributed by atoms with van der Waals surface area (Å²) in [6, 6.07) is 5.91. The van der Waals surface area contributed by atoms with Gasteiger partial charge in [-0.1, -0.05) is 30.3 Å². The first-order valence-electron chi connectivity index (χ1n) is 3.98. The van der Waals surface area contributed by atoms with Crippen molar-refractivity contribution in [2.75, 3.05) is 0 Å². The van der Waals surface area contributed by atoms with Gasteiger partial charge in [-0.25, -0.2) is 0 Å². The zero-order valence-electron chi connectivity index (χ0n) is 7.29. The maximum atomic E-state index is 9.21. The first-order valence-corrected chi connectivity index (χ1v) is 5.39. The Bertz CT molecular complexity index is 309. The Hall–Kier alpha value is -0.673. The van der Waals surface area contributed by atoms with Crippen molar-refractivity contribution in [3.05, 3.63) is 29.3 Å². The van der Waals surface area contributed by atoms with Crippen LogP contribution in [0.2, 0.25) is 0 Å². The van der Waals surface area contributed by atoms with E-state index in [1.807, 2.05) is 12.1 Å². The molecule has 1 rings (SSSR count). The quantitative estimate of drug-likeness (QED) is 0.548. The summed E-state index contributed by atoms with van der Waals surface area (Å²) in [6.07, 6.45) is 0.940. The highest BCUT2D eigenvalue weighted by atomic mass is 32.1. The van der Waals surface area contributed by atoms with Crippen LogP contribution in [0.1, 0.15) is 18.1 Å². The molecule has 1 aromatic carbocycles. The van der Waals surface area contributed by atoms with Gasteiger partial charge in [0.15, 0.2) is 5.05 Å². The van der Waals surface area contributed by atoms with Crippen LogP contribution in [0.25, 0.3) is 0 Å². The van der Waals surface area contributed by atoms with Gasteiger partial charge >= 0.3 is 0 Å². The third kappa shape index (κ3) is 1.73. The number of hydrogen-bond acceptors (Lipinski definition) is 1. The Morgan fingerprint density at radius 3 is 2.67 bits per heavy atom. The average molecular weight is 196 g/mol. The second-order valence-corrected chi connectivity index (χ2v) is 4.22. The third-order valence-corrected chi connectivity index (χ3v) is 3.15. The van der Waals surface area contributed by atoms with Crippen molar-refractivity contribution < 1.29 is 5.11 Å². The molecule has 3 heteroatoms. The number of hydrogen-bond donors (Lipinski definition) is 1. The van der Waals surface area contributed by atoms with Crippen LogP contribution in [0.15, 0.2) is 18.2 Å². The summed E-state index contributed by atoms with van der Waals surface area (Å²) in [5.41, 5.74) is 2.04. The molecule has 0 saturated carbocycles. The van der Waals surface area contributed by atoms with Gasteiger partial charge in [-0.15, -0.1) is 0 Å². The first kappa shape index (κ1) is 9.42. The Balaban J connectivity index is 3.27. The zero-order valence-corrected chi connectivity index (χ0v) is 10.1. The Kier molecular flexibility index (Phi) is 3.00. The predicted octanol–water partition coefficient (Wildman–Crippen LogP) is 0.473. The second-order valence-electron chi connectivity index (χ2n) is 2.76. The zero-order chi connectivity index (χ0) is 9.14. The maximum Gasteiger partial charge on any atom is 0.188 e. The van der Waals surface area contributed by atoms with Gasteiger partial charge in [-0.05, 0) is 24.2 Å². The molecule has 0 amide bonds. The van der Waals surface area contributed by atoms with E-state index in [0.29, 0.717) is 0 Å². The van der Waals surface area contributed by atoms with E-state index in [9.17, 15) is 5.11 Å². The van der Waals surface area contributed by atoms with E-state index in [-0.39, 0.29) is 5.05 Å². The predicted molar refractivity (Wildman–Crippen MR) is 59.7 cm³/mol. The number of thiocarbonyl (C=S) groups is 1. The molecule has 0 unspecified atom stereocenters. The highest BCUT2D eigenvalue weighted by molar-refractivity contribution is 7.80. The van der Waals surface area contributed by atoms with Crippen LogP contribution in [0.5, 0.6) is 0 Å². The van der Waals surface area contributed by atoms with Crippen molar-refractivity contribution in [1.82, 2.24) is 0 Å². The number of aliphatic hydroxyl groups excluding tert-OH is 1. The third-order valence-electron chi connectivity index (χ3n) is 1.99. The number of benzene rings is 1. The van der Waals surface area contributed by atoms with Crippen LogP contribution < -0.4 is 5.19 Å². The van der Waals surface area contributed by atoms with Gasteiger partial charge in [-0.2, -0.15) is 0 Å². The monoisotopic (exact) mass is 196 g/mol. The van der Waals surface area contributed by atoms with Crippen molar-refractivity contribution >= 4 is 32.7 Å². The summed E-state index contributed by atoms with van der Waals surface area (Å²) in [5, 5.41) is 10.6. The number of aliphatic hydroxyl groups is 1. The highest BCUT2D eigenvalue weighted by Crippen LogP contribution is 2.07. The molecule has 0 fully saturated rings. The molecule has 64 valence electrons. The highest BCUT2D eigenvalue weighted by Gasteiger charge is 2.05. The fourth-order valence-electron chi connectivity index (χ4n) is 1.37. The molecule has 1 nitrogen and oxygen atoms in total. The minimum absolute atomic E-state index is 0.0181. The Morgan fingerprint density at radius 2 is 2.25 bits per heavy atom. The van der Waals surface area contributed by atoms with Crippen LogP contribution in [-0.4, -0.2) is 20.4 Å². The Morgan fingerprint density at radius 1 is 1.58 bits per heavy atom. The van der Waals surface area contributed by atoms with Crippen LogP contribution >= 0.6 is 12.2 Å². The average Bonchev–Trinajstić information content (AvgIpc) is 2.03. The van der Waals surface area contributed by atoms with E-state index in [4.69, 9.17) is 12.2 Å². The van der Waals surface area contributed by atoms with Crippen LogP contribution in [0.3, 0.4) is 0 Å². The van der Waals surface area contributed by atoms with Gasteiger partial charge < -0.3 is 5.11 Å². The molecular weight excluding hydrogens is 184 g/mol. The minimum atomic E-state index is 0.0181. The molecule has 12 heavy (non-hydrogen) atoms. The fourth-order valence-corrected chi connectivity index (χ4v) is 2.38. The van der Waals surface area contributed by atoms with Gasteiger partial charge in [0.1, 0.15) is 0 Å². The SMILES string of the molecule is CCc1c([SiH3])cccc1C(O)=S. The van der Waals surface area contributed by atoms with E-state index >= 15 is 0 Å². The molecular formula is C9H12OSSi. The largest absolute Gasteiger partial charge is 0.499 e. The van der Waals surface area contributed by atoms with Gasteiger partial charge in [-0.3, -0.25) is 0 Å². The maximum absolute atomic E-state index is 9.21. The molecule has 0 aliphatic carbocycles.